The summed E-state index contributed by atoms with van der Waals surface area (Å²) in [6, 6.07) is 19.4. The van der Waals surface area contributed by atoms with Crippen molar-refractivity contribution in [1.29, 1.82) is 0 Å². The van der Waals surface area contributed by atoms with Crippen molar-refractivity contribution in [1.82, 2.24) is 9.80 Å². The van der Waals surface area contributed by atoms with E-state index in [1.54, 1.807) is 30.2 Å². The maximum absolute atomic E-state index is 13.6. The van der Waals surface area contributed by atoms with Crippen LogP contribution in [0, 0.1) is 11.7 Å². The van der Waals surface area contributed by atoms with Gasteiger partial charge in [-0.15, -0.1) is 0 Å². The minimum absolute atomic E-state index is 0.00390. The van der Waals surface area contributed by atoms with Crippen LogP contribution in [0.5, 0.6) is 5.75 Å². The minimum atomic E-state index is -4.42. The van der Waals surface area contributed by atoms with Crippen molar-refractivity contribution in [3.05, 3.63) is 101 Å². The van der Waals surface area contributed by atoms with E-state index in [-0.39, 0.29) is 35.7 Å². The van der Waals surface area contributed by atoms with E-state index in [1.807, 2.05) is 29.2 Å². The Morgan fingerprint density at radius 3 is 2.30 bits per heavy atom. The van der Waals surface area contributed by atoms with Gasteiger partial charge in [0.2, 0.25) is 5.91 Å². The van der Waals surface area contributed by atoms with E-state index in [0.29, 0.717) is 26.2 Å². The van der Waals surface area contributed by atoms with Crippen molar-refractivity contribution in [3.8, 4) is 5.75 Å². The van der Waals surface area contributed by atoms with Gasteiger partial charge in [0.05, 0.1) is 12.7 Å². The molecule has 0 saturated carbocycles. The third kappa shape index (κ3) is 6.68. The fourth-order valence-electron chi connectivity index (χ4n) is 5.08. The Morgan fingerprint density at radius 1 is 1.00 bits per heavy atom. The minimum Gasteiger partial charge on any atom is -0.497 e. The van der Waals surface area contributed by atoms with Gasteiger partial charge in [-0.25, -0.2) is 4.39 Å². The highest BCUT2D eigenvalue weighted by molar-refractivity contribution is 5.73. The lowest BCUT2D eigenvalue weighted by atomic mass is 9.88. The molecule has 2 atom stereocenters. The number of benzene rings is 3. The molecule has 1 heterocycles. The van der Waals surface area contributed by atoms with Crippen molar-refractivity contribution in [2.45, 2.75) is 32.1 Å². The zero-order chi connectivity index (χ0) is 26.6. The van der Waals surface area contributed by atoms with Crippen molar-refractivity contribution >= 4 is 5.91 Å². The van der Waals surface area contributed by atoms with E-state index in [4.69, 9.17) is 4.74 Å². The number of methoxy groups -OCH3 is 1. The maximum atomic E-state index is 13.6. The number of rotatable bonds is 8. The number of nitrogens with zero attached hydrogens (tertiary/aromatic N) is 2. The van der Waals surface area contributed by atoms with Gasteiger partial charge in [-0.05, 0) is 52.9 Å². The lowest BCUT2D eigenvalue weighted by molar-refractivity contribution is -0.138. The summed E-state index contributed by atoms with van der Waals surface area (Å²) >= 11 is 0. The van der Waals surface area contributed by atoms with Gasteiger partial charge in [0, 0.05) is 45.6 Å². The number of alkyl halides is 3. The van der Waals surface area contributed by atoms with E-state index in [2.05, 4.69) is 0 Å². The molecule has 196 valence electrons. The molecule has 3 aromatic carbocycles. The molecule has 0 aliphatic carbocycles. The highest BCUT2D eigenvalue weighted by Gasteiger charge is 2.38. The fourth-order valence-corrected chi connectivity index (χ4v) is 5.08. The molecule has 0 spiro atoms. The van der Waals surface area contributed by atoms with Crippen molar-refractivity contribution in [2.75, 3.05) is 26.7 Å². The van der Waals surface area contributed by atoms with E-state index in [9.17, 15) is 22.4 Å². The SMILES string of the molecule is COc1ccc([C@H]2CN(Cc3ccccc3C(F)(F)F)C[C@H]2CN(Cc2ccc(F)cc2)C(C)=O)cc1. The van der Waals surface area contributed by atoms with Crippen LogP contribution in [0.2, 0.25) is 0 Å². The molecule has 1 fully saturated rings. The Kier molecular flexibility index (Phi) is 8.17. The predicted molar refractivity (Wildman–Crippen MR) is 133 cm³/mol. The van der Waals surface area contributed by atoms with Crippen molar-refractivity contribution in [3.63, 3.8) is 0 Å². The standard InChI is InChI=1S/C29H30F4N2O2/c1-20(36)35(15-21-7-11-25(30)12-8-21)18-24-17-34(16-23-5-3-4-6-28(23)29(31,32)33)19-27(24)22-9-13-26(37-2)14-10-22/h3-14,24,27H,15-19H2,1-2H3/t24-,27+/m0/s1. The number of carbonyl (C=O) groups excluding carboxylic acids is 1. The van der Waals surface area contributed by atoms with Crippen LogP contribution < -0.4 is 4.74 Å². The van der Waals surface area contributed by atoms with E-state index >= 15 is 0 Å². The summed E-state index contributed by atoms with van der Waals surface area (Å²) in [7, 11) is 1.59. The average Bonchev–Trinajstić information content (AvgIpc) is 3.26. The van der Waals surface area contributed by atoms with E-state index in [1.165, 1.54) is 31.2 Å². The van der Waals surface area contributed by atoms with Gasteiger partial charge in [-0.1, -0.05) is 42.5 Å². The highest BCUT2D eigenvalue weighted by atomic mass is 19.4. The number of amides is 1. The lowest BCUT2D eigenvalue weighted by Crippen LogP contribution is -2.35. The van der Waals surface area contributed by atoms with Crippen LogP contribution >= 0.6 is 0 Å². The Bertz CT molecular complexity index is 1200. The molecular weight excluding hydrogens is 484 g/mol. The van der Waals surface area contributed by atoms with Gasteiger partial charge in [-0.2, -0.15) is 13.2 Å². The van der Waals surface area contributed by atoms with Crippen LogP contribution in [-0.4, -0.2) is 42.5 Å². The van der Waals surface area contributed by atoms with Crippen LogP contribution in [0.1, 0.15) is 35.1 Å². The third-order valence-electron chi connectivity index (χ3n) is 6.96. The number of carbonyl (C=O) groups is 1. The quantitative estimate of drug-likeness (QED) is 0.340. The average molecular weight is 515 g/mol. The van der Waals surface area contributed by atoms with Crippen LogP contribution in [0.25, 0.3) is 0 Å². The molecule has 0 bridgehead atoms. The molecule has 1 aliphatic heterocycles. The molecule has 4 rings (SSSR count). The number of hydrogen-bond acceptors (Lipinski definition) is 3. The molecule has 4 nitrogen and oxygen atoms in total. The topological polar surface area (TPSA) is 32.8 Å². The number of ether oxygens (including phenoxy) is 1. The van der Waals surface area contributed by atoms with Gasteiger partial charge >= 0.3 is 6.18 Å². The third-order valence-corrected chi connectivity index (χ3v) is 6.96. The Labute approximate surface area is 214 Å². The summed E-state index contributed by atoms with van der Waals surface area (Å²) < 4.78 is 59.5. The zero-order valence-corrected chi connectivity index (χ0v) is 20.8. The first-order chi connectivity index (χ1) is 17.6. The van der Waals surface area contributed by atoms with Crippen LogP contribution in [0.15, 0.2) is 72.8 Å². The highest BCUT2D eigenvalue weighted by Crippen LogP contribution is 2.37. The summed E-state index contributed by atoms with van der Waals surface area (Å²) in [4.78, 5) is 16.3. The Morgan fingerprint density at radius 2 is 1.68 bits per heavy atom. The molecule has 0 aromatic heterocycles. The molecule has 8 heteroatoms. The van der Waals surface area contributed by atoms with Gasteiger partial charge < -0.3 is 9.64 Å². The molecule has 0 radical (unpaired) electrons. The smallest absolute Gasteiger partial charge is 0.416 e. The second-order valence-corrected chi connectivity index (χ2v) is 9.51. The van der Waals surface area contributed by atoms with Gasteiger partial charge in [-0.3, -0.25) is 9.69 Å². The molecule has 0 unspecified atom stereocenters. The van der Waals surface area contributed by atoms with E-state index in [0.717, 1.165) is 22.9 Å². The first-order valence-electron chi connectivity index (χ1n) is 12.2. The van der Waals surface area contributed by atoms with Crippen molar-refractivity contribution < 1.29 is 27.1 Å². The summed E-state index contributed by atoms with van der Waals surface area (Å²) in [5.41, 5.74) is 1.47. The number of halogens is 4. The molecule has 1 saturated heterocycles. The van der Waals surface area contributed by atoms with Gasteiger partial charge in [0.15, 0.2) is 0 Å². The Hall–Kier alpha value is -3.39. The maximum Gasteiger partial charge on any atom is 0.416 e. The first kappa shape index (κ1) is 26.7. The number of likely N-dealkylation sites (tertiary alicyclic amines) is 1. The fraction of sp³-hybridized carbons (Fsp3) is 0.345. The van der Waals surface area contributed by atoms with E-state index < -0.39 is 11.7 Å². The van der Waals surface area contributed by atoms with Crippen LogP contribution in [0.3, 0.4) is 0 Å². The van der Waals surface area contributed by atoms with Crippen LogP contribution in [-0.2, 0) is 24.1 Å². The molecular formula is C29H30F4N2O2. The first-order valence-corrected chi connectivity index (χ1v) is 12.2. The molecule has 1 amide bonds. The summed E-state index contributed by atoms with van der Waals surface area (Å²) in [5.74, 6) is 0.271. The molecule has 37 heavy (non-hydrogen) atoms. The predicted octanol–water partition coefficient (Wildman–Crippen LogP) is 6.12. The molecule has 0 N–H and O–H groups in total. The lowest BCUT2D eigenvalue weighted by Gasteiger charge is -2.28. The zero-order valence-electron chi connectivity index (χ0n) is 20.8. The second-order valence-electron chi connectivity index (χ2n) is 9.51. The second kappa shape index (κ2) is 11.3. The summed E-state index contributed by atoms with van der Waals surface area (Å²) in [6.45, 7) is 3.52. The summed E-state index contributed by atoms with van der Waals surface area (Å²) in [5, 5.41) is 0. The Balaban J connectivity index is 1.58. The monoisotopic (exact) mass is 514 g/mol. The van der Waals surface area contributed by atoms with Crippen molar-refractivity contribution in [2.24, 2.45) is 5.92 Å². The largest absolute Gasteiger partial charge is 0.497 e. The summed E-state index contributed by atoms with van der Waals surface area (Å²) in [6.07, 6.45) is -4.42. The normalized spacial score (nSPS) is 18.1. The van der Waals surface area contributed by atoms with Crippen LogP contribution in [0.4, 0.5) is 17.6 Å². The van der Waals surface area contributed by atoms with Gasteiger partial charge in [0.25, 0.3) is 0 Å². The van der Waals surface area contributed by atoms with Gasteiger partial charge in [0.1, 0.15) is 11.6 Å². The number of hydrogen-bond donors (Lipinski definition) is 0. The molecule has 3 aromatic rings. The molecule has 1 aliphatic rings.